The molecule has 5 heteroatoms. The van der Waals surface area contributed by atoms with Crippen molar-refractivity contribution in [2.24, 2.45) is 0 Å². The van der Waals surface area contributed by atoms with Gasteiger partial charge in [0.25, 0.3) is 0 Å². The van der Waals surface area contributed by atoms with Crippen LogP contribution in [0.25, 0.3) is 0 Å². The number of nitrogens with one attached hydrogen (secondary N) is 2. The quantitative estimate of drug-likeness (QED) is 0.689. The zero-order chi connectivity index (χ0) is 13.9. The maximum atomic E-state index is 11.8. The van der Waals surface area contributed by atoms with Gasteiger partial charge in [0, 0.05) is 32.4 Å². The number of unbranched alkanes of at least 4 members (excludes halogenated alkanes) is 1. The van der Waals surface area contributed by atoms with Crippen LogP contribution in [0, 0.1) is 0 Å². The Hall–Kier alpha value is -1.10. The lowest BCUT2D eigenvalue weighted by Gasteiger charge is -2.11. The van der Waals surface area contributed by atoms with Crippen LogP contribution in [0.2, 0.25) is 0 Å². The summed E-state index contributed by atoms with van der Waals surface area (Å²) in [4.78, 5) is 11.8. The molecule has 114 valence electrons. The van der Waals surface area contributed by atoms with Crippen molar-refractivity contribution >= 4 is 24.0 Å². The molecule has 1 amide bonds. The summed E-state index contributed by atoms with van der Waals surface area (Å²) in [6.07, 6.45) is 2.32. The van der Waals surface area contributed by atoms with Gasteiger partial charge in [-0.2, -0.15) is 0 Å². The van der Waals surface area contributed by atoms with E-state index in [1.165, 1.54) is 0 Å². The van der Waals surface area contributed by atoms with Crippen LogP contribution < -0.4 is 10.6 Å². The number of carbonyl (C=O) groups is 1. The molecule has 0 bridgehead atoms. The summed E-state index contributed by atoms with van der Waals surface area (Å²) in [6.45, 7) is 4.47. The summed E-state index contributed by atoms with van der Waals surface area (Å²) in [7, 11) is 1.68. The monoisotopic (exact) mass is 300 g/mol. The Bertz CT molecular complexity index is 386. The van der Waals surface area contributed by atoms with Gasteiger partial charge in [0.05, 0.1) is 0 Å². The number of carbonyl (C=O) groups excluding carboxylic acids is 1. The van der Waals surface area contributed by atoms with E-state index in [4.69, 9.17) is 4.74 Å². The minimum Gasteiger partial charge on any atom is -0.385 e. The summed E-state index contributed by atoms with van der Waals surface area (Å²) in [5.41, 5.74) is 2.02. The van der Waals surface area contributed by atoms with Crippen molar-refractivity contribution in [3.8, 4) is 0 Å². The van der Waals surface area contributed by atoms with Gasteiger partial charge in [-0.3, -0.25) is 4.79 Å². The maximum absolute atomic E-state index is 11.8. The van der Waals surface area contributed by atoms with Gasteiger partial charge >= 0.3 is 0 Å². The average molecular weight is 301 g/mol. The van der Waals surface area contributed by atoms with E-state index in [1.54, 1.807) is 7.11 Å². The Labute approximate surface area is 127 Å². The lowest BCUT2D eigenvalue weighted by Crippen LogP contribution is -2.16. The fourth-order valence-corrected chi connectivity index (χ4v) is 1.80. The number of amides is 1. The normalized spacial score (nSPS) is 9.90. The molecule has 2 N–H and O–H groups in total. The van der Waals surface area contributed by atoms with Crippen molar-refractivity contribution in [2.45, 2.75) is 32.7 Å². The van der Waals surface area contributed by atoms with Gasteiger partial charge in [-0.05, 0) is 31.0 Å². The first-order valence-corrected chi connectivity index (χ1v) is 6.85. The summed E-state index contributed by atoms with van der Waals surface area (Å²) in [5, 5.41) is 6.25. The highest BCUT2D eigenvalue weighted by atomic mass is 35.5. The van der Waals surface area contributed by atoms with E-state index in [0.717, 1.165) is 37.2 Å². The smallest absolute Gasteiger partial charge is 0.224 e. The number of rotatable bonds is 9. The van der Waals surface area contributed by atoms with Crippen molar-refractivity contribution in [3.05, 3.63) is 29.8 Å². The Morgan fingerprint density at radius 1 is 1.25 bits per heavy atom. The number of halogens is 1. The van der Waals surface area contributed by atoms with E-state index in [0.29, 0.717) is 13.0 Å². The molecule has 1 aromatic carbocycles. The summed E-state index contributed by atoms with van der Waals surface area (Å²) in [5.74, 6) is 0.0695. The summed E-state index contributed by atoms with van der Waals surface area (Å²) >= 11 is 0. The predicted molar refractivity (Wildman–Crippen MR) is 85.4 cm³/mol. The first kappa shape index (κ1) is 18.9. The lowest BCUT2D eigenvalue weighted by molar-refractivity contribution is -0.116. The van der Waals surface area contributed by atoms with Crippen LogP contribution in [-0.4, -0.2) is 26.2 Å². The lowest BCUT2D eigenvalue weighted by atomic mass is 10.1. The van der Waals surface area contributed by atoms with Crippen molar-refractivity contribution < 1.29 is 9.53 Å². The highest BCUT2D eigenvalue weighted by Gasteiger charge is 2.05. The SMILES string of the molecule is CCNCc1ccccc1NC(=O)CCCCOC.Cl. The Morgan fingerprint density at radius 2 is 2.00 bits per heavy atom. The molecule has 0 radical (unpaired) electrons. The van der Waals surface area contributed by atoms with Crippen molar-refractivity contribution in [2.75, 3.05) is 25.6 Å². The van der Waals surface area contributed by atoms with Crippen LogP contribution in [0.4, 0.5) is 5.69 Å². The van der Waals surface area contributed by atoms with Gasteiger partial charge in [0.15, 0.2) is 0 Å². The predicted octanol–water partition coefficient (Wildman–Crippen LogP) is 2.97. The van der Waals surface area contributed by atoms with Gasteiger partial charge < -0.3 is 15.4 Å². The molecule has 0 aromatic heterocycles. The molecule has 4 nitrogen and oxygen atoms in total. The fraction of sp³-hybridized carbons (Fsp3) is 0.533. The van der Waals surface area contributed by atoms with E-state index in [1.807, 2.05) is 24.3 Å². The minimum absolute atomic E-state index is 0. The number of methoxy groups -OCH3 is 1. The van der Waals surface area contributed by atoms with E-state index >= 15 is 0 Å². The fourth-order valence-electron chi connectivity index (χ4n) is 1.80. The third-order valence-electron chi connectivity index (χ3n) is 2.86. The molecule has 0 unspecified atom stereocenters. The van der Waals surface area contributed by atoms with Crippen molar-refractivity contribution in [3.63, 3.8) is 0 Å². The van der Waals surface area contributed by atoms with Crippen molar-refractivity contribution in [1.82, 2.24) is 5.32 Å². The van der Waals surface area contributed by atoms with Crippen LogP contribution in [0.3, 0.4) is 0 Å². The zero-order valence-electron chi connectivity index (χ0n) is 12.3. The number of hydrogen-bond donors (Lipinski definition) is 2. The van der Waals surface area contributed by atoms with Crippen LogP contribution in [0.15, 0.2) is 24.3 Å². The highest BCUT2D eigenvalue weighted by Crippen LogP contribution is 2.15. The van der Waals surface area contributed by atoms with E-state index in [9.17, 15) is 4.79 Å². The highest BCUT2D eigenvalue weighted by molar-refractivity contribution is 5.91. The van der Waals surface area contributed by atoms with Crippen molar-refractivity contribution in [1.29, 1.82) is 0 Å². The summed E-state index contributed by atoms with van der Waals surface area (Å²) in [6, 6.07) is 7.90. The molecule has 0 aliphatic heterocycles. The molecule has 0 heterocycles. The van der Waals surface area contributed by atoms with Gasteiger partial charge in [-0.15, -0.1) is 12.4 Å². The molecule has 1 aromatic rings. The maximum Gasteiger partial charge on any atom is 0.224 e. The minimum atomic E-state index is 0. The number of ether oxygens (including phenoxy) is 1. The Morgan fingerprint density at radius 3 is 2.70 bits per heavy atom. The van der Waals surface area contributed by atoms with Crippen LogP contribution in [0.5, 0.6) is 0 Å². The third kappa shape index (κ3) is 7.48. The zero-order valence-corrected chi connectivity index (χ0v) is 13.1. The molecular formula is C15H25ClN2O2. The van der Waals surface area contributed by atoms with E-state index in [2.05, 4.69) is 17.6 Å². The van der Waals surface area contributed by atoms with Gasteiger partial charge in [-0.1, -0.05) is 25.1 Å². The number of para-hydroxylation sites is 1. The molecule has 0 aliphatic carbocycles. The van der Waals surface area contributed by atoms with Gasteiger partial charge in [0.2, 0.25) is 5.91 Å². The number of anilines is 1. The number of benzene rings is 1. The topological polar surface area (TPSA) is 50.4 Å². The van der Waals surface area contributed by atoms with Crippen LogP contribution in [0.1, 0.15) is 31.7 Å². The molecular weight excluding hydrogens is 276 g/mol. The van der Waals surface area contributed by atoms with Gasteiger partial charge in [-0.25, -0.2) is 0 Å². The largest absolute Gasteiger partial charge is 0.385 e. The van der Waals surface area contributed by atoms with E-state index in [-0.39, 0.29) is 18.3 Å². The molecule has 0 saturated heterocycles. The second kappa shape index (κ2) is 11.7. The average Bonchev–Trinajstić information content (AvgIpc) is 2.43. The van der Waals surface area contributed by atoms with Crippen LogP contribution >= 0.6 is 12.4 Å². The third-order valence-corrected chi connectivity index (χ3v) is 2.86. The molecule has 0 aliphatic rings. The standard InChI is InChI=1S/C15H24N2O2.ClH/c1-3-16-12-13-8-4-5-9-14(13)17-15(18)10-6-7-11-19-2;/h4-5,8-9,16H,3,6-7,10-12H2,1-2H3,(H,17,18);1H. The second-order valence-corrected chi connectivity index (χ2v) is 4.44. The molecule has 0 saturated carbocycles. The Balaban J connectivity index is 0.00000361. The molecule has 0 atom stereocenters. The molecule has 0 fully saturated rings. The molecule has 1 rings (SSSR count). The van der Waals surface area contributed by atoms with Gasteiger partial charge in [0.1, 0.15) is 0 Å². The summed E-state index contributed by atoms with van der Waals surface area (Å²) < 4.78 is 4.97. The van der Waals surface area contributed by atoms with Crippen LogP contribution in [-0.2, 0) is 16.1 Å². The first-order valence-electron chi connectivity index (χ1n) is 6.85. The first-order chi connectivity index (χ1) is 9.27. The van der Waals surface area contributed by atoms with E-state index < -0.39 is 0 Å². The Kier molecular flexibility index (Phi) is 11.1. The molecule has 0 spiro atoms. The second-order valence-electron chi connectivity index (χ2n) is 4.44. The molecule has 20 heavy (non-hydrogen) atoms. The number of hydrogen-bond acceptors (Lipinski definition) is 3.